The fourth-order valence-electron chi connectivity index (χ4n) is 2.29. The first kappa shape index (κ1) is 17.7. The van der Waals surface area contributed by atoms with Crippen LogP contribution in [0.4, 0.5) is 0 Å². The molecule has 0 aromatic heterocycles. The van der Waals surface area contributed by atoms with Crippen molar-refractivity contribution in [2.45, 2.75) is 39.7 Å². The van der Waals surface area contributed by atoms with Crippen LogP contribution in [0.15, 0.2) is 18.2 Å². The number of rotatable bonds is 9. The predicted molar refractivity (Wildman–Crippen MR) is 84.5 cm³/mol. The Bertz CT molecular complexity index is 446. The van der Waals surface area contributed by atoms with E-state index in [1.54, 1.807) is 7.11 Å². The SMILES string of the molecule is CCOC(=O)CC(Cc1cc(C)ccc1C)NCCOC. The summed E-state index contributed by atoms with van der Waals surface area (Å²) in [6.07, 6.45) is 1.20. The van der Waals surface area contributed by atoms with Crippen molar-refractivity contribution >= 4 is 5.97 Å². The van der Waals surface area contributed by atoms with E-state index in [1.165, 1.54) is 16.7 Å². The number of ether oxygens (including phenoxy) is 2. The highest BCUT2D eigenvalue weighted by Crippen LogP contribution is 2.14. The van der Waals surface area contributed by atoms with Crippen molar-refractivity contribution in [3.63, 3.8) is 0 Å². The molecule has 1 unspecified atom stereocenters. The number of esters is 1. The third-order valence-electron chi connectivity index (χ3n) is 3.43. The van der Waals surface area contributed by atoms with Crippen LogP contribution in [0.25, 0.3) is 0 Å². The minimum absolute atomic E-state index is 0.0692. The lowest BCUT2D eigenvalue weighted by atomic mass is 9.97. The Morgan fingerprint density at radius 1 is 1.33 bits per heavy atom. The van der Waals surface area contributed by atoms with E-state index in [0.717, 1.165) is 13.0 Å². The topological polar surface area (TPSA) is 47.6 Å². The summed E-state index contributed by atoms with van der Waals surface area (Å²) in [5, 5.41) is 3.38. The molecule has 0 saturated carbocycles. The molecule has 4 nitrogen and oxygen atoms in total. The van der Waals surface area contributed by atoms with Gasteiger partial charge in [-0.3, -0.25) is 4.79 Å². The standard InChI is InChI=1S/C17H27NO3/c1-5-21-17(19)12-16(18-8-9-20-4)11-15-10-13(2)6-7-14(15)3/h6-7,10,16,18H,5,8-9,11-12H2,1-4H3. The maximum atomic E-state index is 11.7. The molecule has 0 saturated heterocycles. The van der Waals surface area contributed by atoms with Crippen LogP contribution in [-0.4, -0.2) is 38.9 Å². The van der Waals surface area contributed by atoms with Crippen LogP contribution >= 0.6 is 0 Å². The van der Waals surface area contributed by atoms with Gasteiger partial charge in [-0.15, -0.1) is 0 Å². The molecule has 4 heteroatoms. The van der Waals surface area contributed by atoms with Crippen molar-refractivity contribution in [3.05, 3.63) is 34.9 Å². The quantitative estimate of drug-likeness (QED) is 0.561. The van der Waals surface area contributed by atoms with E-state index in [1.807, 2.05) is 6.92 Å². The van der Waals surface area contributed by atoms with Crippen molar-refractivity contribution in [2.75, 3.05) is 26.9 Å². The van der Waals surface area contributed by atoms with Gasteiger partial charge in [0.25, 0.3) is 0 Å². The van der Waals surface area contributed by atoms with Crippen LogP contribution < -0.4 is 5.32 Å². The number of carbonyl (C=O) groups excluding carboxylic acids is 1. The molecule has 0 aliphatic rings. The molecule has 0 heterocycles. The molecule has 21 heavy (non-hydrogen) atoms. The molecular weight excluding hydrogens is 266 g/mol. The van der Waals surface area contributed by atoms with Crippen LogP contribution in [0.1, 0.15) is 30.0 Å². The summed E-state index contributed by atoms with van der Waals surface area (Å²) in [6.45, 7) is 7.80. The van der Waals surface area contributed by atoms with E-state index in [4.69, 9.17) is 9.47 Å². The highest BCUT2D eigenvalue weighted by Gasteiger charge is 2.16. The van der Waals surface area contributed by atoms with Gasteiger partial charge in [-0.1, -0.05) is 23.8 Å². The van der Waals surface area contributed by atoms with Crippen LogP contribution in [0.5, 0.6) is 0 Å². The zero-order chi connectivity index (χ0) is 15.7. The van der Waals surface area contributed by atoms with Crippen LogP contribution in [-0.2, 0) is 20.7 Å². The Morgan fingerprint density at radius 3 is 2.76 bits per heavy atom. The summed E-state index contributed by atoms with van der Waals surface area (Å²) in [5.74, 6) is -0.155. The average molecular weight is 293 g/mol. The molecule has 0 aliphatic carbocycles. The Kier molecular flexibility index (Phi) is 8.01. The van der Waals surface area contributed by atoms with E-state index in [0.29, 0.717) is 19.6 Å². The van der Waals surface area contributed by atoms with Gasteiger partial charge < -0.3 is 14.8 Å². The number of hydrogen-bond acceptors (Lipinski definition) is 4. The molecule has 118 valence electrons. The summed E-state index contributed by atoms with van der Waals surface area (Å²) in [6, 6.07) is 6.49. The smallest absolute Gasteiger partial charge is 0.307 e. The van der Waals surface area contributed by atoms with Crippen molar-refractivity contribution in [1.29, 1.82) is 0 Å². The van der Waals surface area contributed by atoms with Crippen molar-refractivity contribution in [2.24, 2.45) is 0 Å². The zero-order valence-electron chi connectivity index (χ0n) is 13.6. The molecule has 0 fully saturated rings. The monoisotopic (exact) mass is 293 g/mol. The largest absolute Gasteiger partial charge is 0.466 e. The van der Waals surface area contributed by atoms with Crippen LogP contribution in [0.2, 0.25) is 0 Å². The molecule has 0 radical (unpaired) electrons. The van der Waals surface area contributed by atoms with Gasteiger partial charge >= 0.3 is 5.97 Å². The first-order valence-electron chi connectivity index (χ1n) is 7.50. The fourth-order valence-corrected chi connectivity index (χ4v) is 2.29. The number of hydrogen-bond donors (Lipinski definition) is 1. The van der Waals surface area contributed by atoms with E-state index >= 15 is 0 Å². The average Bonchev–Trinajstić information content (AvgIpc) is 2.43. The Morgan fingerprint density at radius 2 is 2.10 bits per heavy atom. The fraction of sp³-hybridized carbons (Fsp3) is 0.588. The highest BCUT2D eigenvalue weighted by atomic mass is 16.5. The van der Waals surface area contributed by atoms with Gasteiger partial charge in [-0.05, 0) is 38.3 Å². The third-order valence-corrected chi connectivity index (χ3v) is 3.43. The Labute approximate surface area is 127 Å². The second-order valence-corrected chi connectivity index (χ2v) is 5.29. The molecular formula is C17H27NO3. The molecule has 1 aromatic rings. The van der Waals surface area contributed by atoms with Gasteiger partial charge in [0, 0.05) is 19.7 Å². The summed E-state index contributed by atoms with van der Waals surface area (Å²) in [7, 11) is 1.67. The summed E-state index contributed by atoms with van der Waals surface area (Å²) in [5.41, 5.74) is 3.76. The molecule has 1 aromatic carbocycles. The normalized spacial score (nSPS) is 12.2. The van der Waals surface area contributed by atoms with Crippen molar-refractivity contribution in [1.82, 2.24) is 5.32 Å². The summed E-state index contributed by atoms with van der Waals surface area (Å²) >= 11 is 0. The van der Waals surface area contributed by atoms with Gasteiger partial charge in [0.05, 0.1) is 19.6 Å². The molecule has 0 bridgehead atoms. The van der Waals surface area contributed by atoms with Crippen LogP contribution in [0, 0.1) is 13.8 Å². The minimum Gasteiger partial charge on any atom is -0.466 e. The predicted octanol–water partition coefficient (Wildman–Crippen LogP) is 2.40. The van der Waals surface area contributed by atoms with Gasteiger partial charge in [-0.25, -0.2) is 0 Å². The first-order chi connectivity index (χ1) is 10.1. The molecule has 1 N–H and O–H groups in total. The lowest BCUT2D eigenvalue weighted by Crippen LogP contribution is -2.36. The van der Waals surface area contributed by atoms with Crippen molar-refractivity contribution < 1.29 is 14.3 Å². The highest BCUT2D eigenvalue weighted by molar-refractivity contribution is 5.70. The van der Waals surface area contributed by atoms with E-state index < -0.39 is 0 Å². The third kappa shape index (κ3) is 6.74. The summed E-state index contributed by atoms with van der Waals surface area (Å²) in [4.78, 5) is 11.7. The number of carbonyl (C=O) groups is 1. The number of benzene rings is 1. The maximum Gasteiger partial charge on any atom is 0.307 e. The van der Waals surface area contributed by atoms with E-state index in [-0.39, 0.29) is 12.0 Å². The van der Waals surface area contributed by atoms with Crippen LogP contribution in [0.3, 0.4) is 0 Å². The molecule has 1 rings (SSSR count). The van der Waals surface area contributed by atoms with Crippen molar-refractivity contribution in [3.8, 4) is 0 Å². The number of nitrogens with one attached hydrogen (secondary N) is 1. The number of aryl methyl sites for hydroxylation is 2. The minimum atomic E-state index is -0.155. The lowest BCUT2D eigenvalue weighted by molar-refractivity contribution is -0.143. The molecule has 0 amide bonds. The molecule has 0 spiro atoms. The molecule has 0 aliphatic heterocycles. The second-order valence-electron chi connectivity index (χ2n) is 5.29. The number of methoxy groups -OCH3 is 1. The molecule has 1 atom stereocenters. The van der Waals surface area contributed by atoms with Gasteiger partial charge in [0.2, 0.25) is 0 Å². The van der Waals surface area contributed by atoms with E-state index in [9.17, 15) is 4.79 Å². The summed E-state index contributed by atoms with van der Waals surface area (Å²) < 4.78 is 10.1. The maximum absolute atomic E-state index is 11.7. The Hall–Kier alpha value is -1.39. The Balaban J connectivity index is 2.70. The van der Waals surface area contributed by atoms with Gasteiger partial charge in [0.1, 0.15) is 0 Å². The van der Waals surface area contributed by atoms with Gasteiger partial charge in [0.15, 0.2) is 0 Å². The van der Waals surface area contributed by atoms with E-state index in [2.05, 4.69) is 37.4 Å². The van der Waals surface area contributed by atoms with Gasteiger partial charge in [-0.2, -0.15) is 0 Å². The zero-order valence-corrected chi connectivity index (χ0v) is 13.6. The first-order valence-corrected chi connectivity index (χ1v) is 7.50. The lowest BCUT2D eigenvalue weighted by Gasteiger charge is -2.19. The second kappa shape index (κ2) is 9.53.